The molecule has 0 aliphatic heterocycles. The molecule has 0 bridgehead atoms. The summed E-state index contributed by atoms with van der Waals surface area (Å²) >= 11 is 0. The first-order chi connectivity index (χ1) is 7.30. The van der Waals surface area contributed by atoms with Crippen molar-refractivity contribution in [2.45, 2.75) is 25.9 Å². The van der Waals surface area contributed by atoms with E-state index in [1.165, 1.54) is 0 Å². The van der Waals surface area contributed by atoms with Crippen molar-refractivity contribution in [2.75, 3.05) is 7.11 Å². The van der Waals surface area contributed by atoms with Crippen LogP contribution in [0.3, 0.4) is 0 Å². The van der Waals surface area contributed by atoms with Crippen LogP contribution in [0.25, 0.3) is 0 Å². The number of benzene rings is 1. The van der Waals surface area contributed by atoms with Crippen molar-refractivity contribution >= 4 is 0 Å². The van der Waals surface area contributed by atoms with E-state index in [0.717, 1.165) is 17.9 Å². The van der Waals surface area contributed by atoms with Gasteiger partial charge in [0.05, 0.1) is 19.6 Å². The minimum Gasteiger partial charge on any atom is -0.497 e. The number of nitriles is 1. The summed E-state index contributed by atoms with van der Waals surface area (Å²) in [5.74, 6) is 1.51. The molecule has 1 aromatic rings. The van der Waals surface area contributed by atoms with Crippen LogP contribution in [0.2, 0.25) is 0 Å². The van der Waals surface area contributed by atoms with Gasteiger partial charge in [-0.25, -0.2) is 0 Å². The number of nitrogens with zero attached hydrogens (tertiary/aromatic N) is 1. The number of hydrogen-bond donors (Lipinski definition) is 0. The Balaban J connectivity index is 2.66. The lowest BCUT2D eigenvalue weighted by atomic mass is 10.2. The zero-order chi connectivity index (χ0) is 11.1. The molecule has 0 spiro atoms. The fraction of sp³-hybridized carbons (Fsp3) is 0.417. The summed E-state index contributed by atoms with van der Waals surface area (Å²) in [4.78, 5) is 0. The van der Waals surface area contributed by atoms with E-state index in [1.807, 2.05) is 31.2 Å². The Kier molecular flexibility index (Phi) is 4.49. The number of ether oxygens (including phenoxy) is 2. The summed E-state index contributed by atoms with van der Waals surface area (Å²) in [6, 6.07) is 9.52. The molecule has 0 fully saturated rings. The van der Waals surface area contributed by atoms with Crippen molar-refractivity contribution < 1.29 is 9.47 Å². The van der Waals surface area contributed by atoms with Crippen LogP contribution in [-0.2, 0) is 0 Å². The molecule has 0 N–H and O–H groups in total. The summed E-state index contributed by atoms with van der Waals surface area (Å²) < 4.78 is 10.7. The van der Waals surface area contributed by atoms with E-state index in [-0.39, 0.29) is 6.10 Å². The molecule has 1 atom stereocenters. The summed E-state index contributed by atoms with van der Waals surface area (Å²) in [7, 11) is 1.62. The van der Waals surface area contributed by atoms with Gasteiger partial charge in [0.25, 0.3) is 0 Å². The Labute approximate surface area is 90.2 Å². The molecule has 15 heavy (non-hydrogen) atoms. The number of methoxy groups -OCH3 is 1. The van der Waals surface area contributed by atoms with Gasteiger partial charge < -0.3 is 9.47 Å². The molecule has 0 saturated heterocycles. The maximum absolute atomic E-state index is 8.59. The molecule has 3 nitrogen and oxygen atoms in total. The molecule has 80 valence electrons. The van der Waals surface area contributed by atoms with Gasteiger partial charge >= 0.3 is 0 Å². The maximum Gasteiger partial charge on any atom is 0.123 e. The second-order valence-corrected chi connectivity index (χ2v) is 3.19. The van der Waals surface area contributed by atoms with Gasteiger partial charge in [-0.1, -0.05) is 13.0 Å². The Bertz CT molecular complexity index is 344. The highest BCUT2D eigenvalue weighted by atomic mass is 16.5. The van der Waals surface area contributed by atoms with Crippen molar-refractivity contribution in [3.05, 3.63) is 24.3 Å². The van der Waals surface area contributed by atoms with Crippen molar-refractivity contribution in [1.82, 2.24) is 0 Å². The fourth-order valence-corrected chi connectivity index (χ4v) is 1.24. The summed E-state index contributed by atoms with van der Waals surface area (Å²) in [6.45, 7) is 2.00. The first-order valence-electron chi connectivity index (χ1n) is 4.97. The van der Waals surface area contributed by atoms with Crippen molar-refractivity contribution in [3.8, 4) is 17.6 Å². The normalized spacial score (nSPS) is 11.5. The third-order valence-corrected chi connectivity index (χ3v) is 2.12. The van der Waals surface area contributed by atoms with E-state index in [4.69, 9.17) is 14.7 Å². The quantitative estimate of drug-likeness (QED) is 0.742. The van der Waals surface area contributed by atoms with Gasteiger partial charge in [0.2, 0.25) is 0 Å². The minimum atomic E-state index is -0.0397. The summed E-state index contributed by atoms with van der Waals surface area (Å²) in [5.41, 5.74) is 0. The maximum atomic E-state index is 8.59. The molecular formula is C12H15NO2. The summed E-state index contributed by atoms with van der Waals surface area (Å²) in [5, 5.41) is 8.59. The zero-order valence-electron chi connectivity index (χ0n) is 9.06. The van der Waals surface area contributed by atoms with Crippen LogP contribution >= 0.6 is 0 Å². The molecule has 0 aliphatic rings. The van der Waals surface area contributed by atoms with Gasteiger partial charge in [0, 0.05) is 6.07 Å². The number of hydrogen-bond acceptors (Lipinski definition) is 3. The van der Waals surface area contributed by atoms with Crippen molar-refractivity contribution in [3.63, 3.8) is 0 Å². The first-order valence-corrected chi connectivity index (χ1v) is 4.97. The van der Waals surface area contributed by atoms with E-state index in [9.17, 15) is 0 Å². The van der Waals surface area contributed by atoms with E-state index < -0.39 is 0 Å². The Morgan fingerprint density at radius 2 is 2.13 bits per heavy atom. The molecule has 0 heterocycles. The first kappa shape index (κ1) is 11.4. The van der Waals surface area contributed by atoms with Crippen molar-refractivity contribution in [1.29, 1.82) is 5.26 Å². The van der Waals surface area contributed by atoms with Crippen LogP contribution in [0.1, 0.15) is 19.8 Å². The largest absolute Gasteiger partial charge is 0.497 e. The molecule has 1 aromatic carbocycles. The fourth-order valence-electron chi connectivity index (χ4n) is 1.24. The standard InChI is InChI=1S/C12H15NO2/c1-3-10(7-8-13)15-12-6-4-5-11(9-12)14-2/h4-6,9-10H,3,7H2,1-2H3. The smallest absolute Gasteiger partial charge is 0.123 e. The van der Waals surface area contributed by atoms with E-state index in [0.29, 0.717) is 6.42 Å². The molecule has 0 aliphatic carbocycles. The Morgan fingerprint density at radius 3 is 2.73 bits per heavy atom. The molecule has 1 unspecified atom stereocenters. The second kappa shape index (κ2) is 5.92. The van der Waals surface area contributed by atoms with E-state index in [1.54, 1.807) is 7.11 Å². The molecule has 3 heteroatoms. The highest BCUT2D eigenvalue weighted by molar-refractivity contribution is 5.32. The lowest BCUT2D eigenvalue weighted by Gasteiger charge is -2.14. The van der Waals surface area contributed by atoms with Gasteiger partial charge in [-0.2, -0.15) is 5.26 Å². The molecule has 0 aromatic heterocycles. The van der Waals surface area contributed by atoms with Gasteiger partial charge in [0.1, 0.15) is 17.6 Å². The highest BCUT2D eigenvalue weighted by Crippen LogP contribution is 2.21. The SMILES string of the molecule is CCC(CC#N)Oc1cccc(OC)c1. The number of rotatable bonds is 5. The lowest BCUT2D eigenvalue weighted by molar-refractivity contribution is 0.201. The monoisotopic (exact) mass is 205 g/mol. The zero-order valence-corrected chi connectivity index (χ0v) is 9.06. The molecule has 0 saturated carbocycles. The Morgan fingerprint density at radius 1 is 1.40 bits per heavy atom. The van der Waals surface area contributed by atoms with Gasteiger partial charge in [-0.3, -0.25) is 0 Å². The third-order valence-electron chi connectivity index (χ3n) is 2.12. The Hall–Kier alpha value is -1.69. The second-order valence-electron chi connectivity index (χ2n) is 3.19. The van der Waals surface area contributed by atoms with Crippen LogP contribution in [0, 0.1) is 11.3 Å². The van der Waals surface area contributed by atoms with Gasteiger partial charge in [0.15, 0.2) is 0 Å². The average molecular weight is 205 g/mol. The minimum absolute atomic E-state index is 0.0397. The third kappa shape index (κ3) is 3.51. The highest BCUT2D eigenvalue weighted by Gasteiger charge is 2.07. The predicted octanol–water partition coefficient (Wildman–Crippen LogP) is 2.77. The van der Waals surface area contributed by atoms with Crippen LogP contribution in [0.15, 0.2) is 24.3 Å². The van der Waals surface area contributed by atoms with Gasteiger partial charge in [-0.15, -0.1) is 0 Å². The van der Waals surface area contributed by atoms with E-state index in [2.05, 4.69) is 6.07 Å². The molecular weight excluding hydrogens is 190 g/mol. The van der Waals surface area contributed by atoms with Crippen LogP contribution in [0.5, 0.6) is 11.5 Å². The van der Waals surface area contributed by atoms with E-state index >= 15 is 0 Å². The van der Waals surface area contributed by atoms with Crippen molar-refractivity contribution in [2.24, 2.45) is 0 Å². The average Bonchev–Trinajstić information content (AvgIpc) is 2.29. The topological polar surface area (TPSA) is 42.2 Å². The summed E-state index contributed by atoms with van der Waals surface area (Å²) in [6.07, 6.45) is 1.19. The molecule has 1 rings (SSSR count). The van der Waals surface area contributed by atoms with Gasteiger partial charge in [-0.05, 0) is 18.6 Å². The van der Waals surface area contributed by atoms with Crippen LogP contribution < -0.4 is 9.47 Å². The molecule has 0 radical (unpaired) electrons. The van der Waals surface area contributed by atoms with Crippen LogP contribution in [0.4, 0.5) is 0 Å². The predicted molar refractivity (Wildman–Crippen MR) is 57.9 cm³/mol. The lowest BCUT2D eigenvalue weighted by Crippen LogP contribution is -2.14. The van der Waals surface area contributed by atoms with Crippen LogP contribution in [-0.4, -0.2) is 13.2 Å². The molecule has 0 amide bonds.